The second-order valence-electron chi connectivity index (χ2n) is 6.44. The Balaban J connectivity index is 1.32. The minimum Gasteiger partial charge on any atom is -0.488 e. The largest absolute Gasteiger partial charge is 0.488 e. The number of hydrogen-bond acceptors (Lipinski definition) is 4. The number of rotatable bonds is 5. The number of nitrogens with zero attached hydrogens (tertiary/aromatic N) is 1. The molecule has 6 heteroatoms. The van der Waals surface area contributed by atoms with Gasteiger partial charge in [-0.2, -0.15) is 0 Å². The lowest BCUT2D eigenvalue weighted by Gasteiger charge is -2.22. The Hall–Kier alpha value is -2.89. The first-order valence-corrected chi connectivity index (χ1v) is 8.89. The first kappa shape index (κ1) is 16.6. The summed E-state index contributed by atoms with van der Waals surface area (Å²) in [4.78, 5) is 14.3. The van der Waals surface area contributed by atoms with Gasteiger partial charge in [-0.25, -0.2) is 4.79 Å². The molecule has 2 amide bonds. The smallest absolute Gasteiger partial charge is 0.317 e. The second kappa shape index (κ2) is 7.15. The molecule has 6 nitrogen and oxygen atoms in total. The number of para-hydroxylation sites is 1. The van der Waals surface area contributed by atoms with Crippen LogP contribution in [0, 0.1) is 0 Å². The molecule has 0 saturated carbocycles. The van der Waals surface area contributed by atoms with Crippen LogP contribution in [0.3, 0.4) is 0 Å². The van der Waals surface area contributed by atoms with Crippen LogP contribution in [-0.2, 0) is 13.0 Å². The molecular weight excluding hydrogens is 332 g/mol. The van der Waals surface area contributed by atoms with Gasteiger partial charge >= 0.3 is 6.03 Å². The molecule has 136 valence electrons. The Morgan fingerprint density at radius 3 is 2.85 bits per heavy atom. The molecule has 2 heterocycles. The van der Waals surface area contributed by atoms with Crippen molar-refractivity contribution in [3.63, 3.8) is 0 Å². The van der Waals surface area contributed by atoms with Gasteiger partial charge in [-0.3, -0.25) is 0 Å². The average molecular weight is 354 g/mol. The number of carbonyl (C=O) groups excluding carboxylic acids is 1. The van der Waals surface area contributed by atoms with E-state index in [1.165, 1.54) is 5.56 Å². The van der Waals surface area contributed by atoms with E-state index in [0.29, 0.717) is 19.6 Å². The van der Waals surface area contributed by atoms with Crippen LogP contribution in [0.15, 0.2) is 42.5 Å². The van der Waals surface area contributed by atoms with E-state index < -0.39 is 0 Å². The molecule has 0 spiro atoms. The maximum Gasteiger partial charge on any atom is 0.317 e. The molecule has 0 saturated heterocycles. The van der Waals surface area contributed by atoms with Crippen molar-refractivity contribution in [2.75, 3.05) is 19.9 Å². The topological polar surface area (TPSA) is 60.0 Å². The quantitative estimate of drug-likeness (QED) is 0.897. The molecule has 0 aromatic heterocycles. The van der Waals surface area contributed by atoms with Gasteiger partial charge < -0.3 is 24.4 Å². The summed E-state index contributed by atoms with van der Waals surface area (Å²) in [6, 6.07) is 13.7. The van der Waals surface area contributed by atoms with Crippen LogP contribution < -0.4 is 19.5 Å². The molecule has 26 heavy (non-hydrogen) atoms. The van der Waals surface area contributed by atoms with E-state index in [1.807, 2.05) is 43.3 Å². The molecule has 2 aromatic carbocycles. The van der Waals surface area contributed by atoms with Gasteiger partial charge in [-0.05, 0) is 36.2 Å². The monoisotopic (exact) mass is 354 g/mol. The molecule has 2 aromatic rings. The van der Waals surface area contributed by atoms with Gasteiger partial charge in [0, 0.05) is 19.5 Å². The van der Waals surface area contributed by atoms with Crippen LogP contribution in [0.5, 0.6) is 17.2 Å². The number of amides is 2. The van der Waals surface area contributed by atoms with Crippen LogP contribution in [-0.4, -0.2) is 36.9 Å². The van der Waals surface area contributed by atoms with Crippen LogP contribution in [0.25, 0.3) is 0 Å². The number of urea groups is 1. The molecule has 0 bridgehead atoms. The van der Waals surface area contributed by atoms with E-state index in [-0.39, 0.29) is 18.9 Å². The number of nitrogens with one attached hydrogen (secondary N) is 1. The van der Waals surface area contributed by atoms with Crippen molar-refractivity contribution in [2.24, 2.45) is 0 Å². The van der Waals surface area contributed by atoms with Gasteiger partial charge in [0.15, 0.2) is 11.5 Å². The summed E-state index contributed by atoms with van der Waals surface area (Å²) in [6.45, 7) is 3.84. The molecule has 4 rings (SSSR count). The van der Waals surface area contributed by atoms with Gasteiger partial charge in [0.1, 0.15) is 11.9 Å². The van der Waals surface area contributed by atoms with Crippen LogP contribution in [0.1, 0.15) is 18.1 Å². The Morgan fingerprint density at radius 1 is 1.15 bits per heavy atom. The van der Waals surface area contributed by atoms with Crippen molar-refractivity contribution in [3.8, 4) is 17.2 Å². The van der Waals surface area contributed by atoms with Crippen LogP contribution in [0.2, 0.25) is 0 Å². The summed E-state index contributed by atoms with van der Waals surface area (Å²) in [5.41, 5.74) is 2.20. The summed E-state index contributed by atoms with van der Waals surface area (Å²) >= 11 is 0. The highest BCUT2D eigenvalue weighted by atomic mass is 16.7. The summed E-state index contributed by atoms with van der Waals surface area (Å²) in [6.07, 6.45) is 0.811. The van der Waals surface area contributed by atoms with Crippen LogP contribution >= 0.6 is 0 Å². The second-order valence-corrected chi connectivity index (χ2v) is 6.44. The minimum absolute atomic E-state index is 0.0133. The van der Waals surface area contributed by atoms with Crippen molar-refractivity contribution in [1.29, 1.82) is 0 Å². The summed E-state index contributed by atoms with van der Waals surface area (Å²) in [5.74, 6) is 2.40. The lowest BCUT2D eigenvalue weighted by atomic mass is 10.1. The standard InChI is InChI=1S/C20H22N2O4/c1-2-22(12-14-7-8-18-19(9-14)25-13-24-18)20(23)21-11-16-10-15-5-3-4-6-17(15)26-16/h3-9,16H,2,10-13H2,1H3,(H,21,23). The van der Waals surface area contributed by atoms with Gasteiger partial charge in [0.25, 0.3) is 0 Å². The lowest BCUT2D eigenvalue weighted by Crippen LogP contribution is -2.43. The van der Waals surface area contributed by atoms with Gasteiger partial charge in [0.05, 0.1) is 6.54 Å². The third-order valence-electron chi connectivity index (χ3n) is 4.67. The van der Waals surface area contributed by atoms with E-state index in [0.717, 1.165) is 29.2 Å². The first-order chi connectivity index (χ1) is 12.7. The SMILES string of the molecule is CCN(Cc1ccc2c(c1)OCO2)C(=O)NCC1Cc2ccccc2O1. The fourth-order valence-corrected chi connectivity index (χ4v) is 3.27. The maximum atomic E-state index is 12.5. The molecule has 1 N–H and O–H groups in total. The zero-order valence-corrected chi connectivity index (χ0v) is 14.7. The van der Waals surface area contributed by atoms with Crippen molar-refractivity contribution < 1.29 is 19.0 Å². The molecule has 0 aliphatic carbocycles. The molecule has 1 unspecified atom stereocenters. The van der Waals surface area contributed by atoms with Gasteiger partial charge in [-0.15, -0.1) is 0 Å². The molecule has 1 atom stereocenters. The zero-order chi connectivity index (χ0) is 17.9. The van der Waals surface area contributed by atoms with E-state index in [4.69, 9.17) is 14.2 Å². The zero-order valence-electron chi connectivity index (χ0n) is 14.7. The van der Waals surface area contributed by atoms with Gasteiger partial charge in [-0.1, -0.05) is 24.3 Å². The molecule has 0 radical (unpaired) electrons. The summed E-state index contributed by atoms with van der Waals surface area (Å²) in [5, 5.41) is 2.99. The van der Waals surface area contributed by atoms with Crippen molar-refractivity contribution >= 4 is 6.03 Å². The van der Waals surface area contributed by atoms with Crippen molar-refractivity contribution in [2.45, 2.75) is 26.0 Å². The molecular formula is C20H22N2O4. The third-order valence-corrected chi connectivity index (χ3v) is 4.67. The number of benzene rings is 2. The summed E-state index contributed by atoms with van der Waals surface area (Å²) in [7, 11) is 0. The normalized spacial score (nSPS) is 16.7. The van der Waals surface area contributed by atoms with E-state index in [2.05, 4.69) is 11.4 Å². The highest BCUT2D eigenvalue weighted by Gasteiger charge is 2.23. The Morgan fingerprint density at radius 2 is 2.00 bits per heavy atom. The van der Waals surface area contributed by atoms with E-state index in [1.54, 1.807) is 4.90 Å². The first-order valence-electron chi connectivity index (χ1n) is 8.89. The molecule has 0 fully saturated rings. The van der Waals surface area contributed by atoms with E-state index >= 15 is 0 Å². The summed E-state index contributed by atoms with van der Waals surface area (Å²) < 4.78 is 16.6. The Kier molecular flexibility index (Phi) is 4.56. The fraction of sp³-hybridized carbons (Fsp3) is 0.350. The number of hydrogen-bond donors (Lipinski definition) is 1. The molecule has 2 aliphatic heterocycles. The predicted molar refractivity (Wildman–Crippen MR) is 96.6 cm³/mol. The van der Waals surface area contributed by atoms with Crippen LogP contribution in [0.4, 0.5) is 4.79 Å². The maximum absolute atomic E-state index is 12.5. The average Bonchev–Trinajstić information content (AvgIpc) is 3.29. The minimum atomic E-state index is -0.0928. The fourth-order valence-electron chi connectivity index (χ4n) is 3.27. The highest BCUT2D eigenvalue weighted by Crippen LogP contribution is 2.33. The van der Waals surface area contributed by atoms with Crippen molar-refractivity contribution in [1.82, 2.24) is 10.2 Å². The highest BCUT2D eigenvalue weighted by molar-refractivity contribution is 5.74. The number of carbonyl (C=O) groups is 1. The lowest BCUT2D eigenvalue weighted by molar-refractivity contribution is 0.173. The predicted octanol–water partition coefficient (Wildman–Crippen LogP) is 2.95. The van der Waals surface area contributed by atoms with E-state index in [9.17, 15) is 4.79 Å². The Labute approximate surface area is 152 Å². The van der Waals surface area contributed by atoms with Crippen molar-refractivity contribution in [3.05, 3.63) is 53.6 Å². The number of ether oxygens (including phenoxy) is 3. The Bertz CT molecular complexity index is 783. The third kappa shape index (κ3) is 3.40. The van der Waals surface area contributed by atoms with Gasteiger partial charge in [0.2, 0.25) is 6.79 Å². The number of fused-ring (bicyclic) bond motifs is 2. The molecule has 2 aliphatic rings.